The Morgan fingerprint density at radius 1 is 0.375 bits per heavy atom. The Morgan fingerprint density at radius 2 is 0.761 bits per heavy atom. The highest BCUT2D eigenvalue weighted by atomic mass is 16.6. The number of aromatic hydroxyl groups is 19. The van der Waals surface area contributed by atoms with Gasteiger partial charge in [0.1, 0.15) is 6.10 Å². The fraction of sp³-hybridized carbons (Fsp3) is 0.109. The summed E-state index contributed by atoms with van der Waals surface area (Å²) in [4.78, 5) is 104. The maximum absolute atomic E-state index is 15.6. The number of benzene rings is 7. The minimum Gasteiger partial charge on any atom is -0.504 e. The molecule has 2 aromatic heterocycles. The van der Waals surface area contributed by atoms with E-state index in [4.69, 9.17) is 27.8 Å². The Balaban J connectivity index is 1.24. The monoisotopic (exact) mass is 1220 g/mol. The SMILES string of the molecule is O=C(O[C@@H]1CC(=O)c2cc(O)c(O)c(O)c2-c2c(O)c(O)c3oc(=O)c4c(c(O)c(O)c5oc(=O)c2c3c54)-c2c(cc(O)c(O)c2O)C(=O)O[C@H]1[C@@H]1OC(=O)c2cc(O)c(O)c(O)c2-c2c(O)c(O)c(O)c3c2C(=O)O[C@@H]1[C@@H]3O)c1cc(O)c(O)c(O)c1. The minimum atomic E-state index is -3.25. The van der Waals surface area contributed by atoms with Crippen molar-refractivity contribution in [1.82, 2.24) is 0 Å². The lowest BCUT2D eigenvalue weighted by Gasteiger charge is -2.41. The van der Waals surface area contributed by atoms with Gasteiger partial charge in [-0.15, -0.1) is 0 Å². The topological polar surface area (TPSA) is 587 Å². The summed E-state index contributed by atoms with van der Waals surface area (Å²) in [5, 5.41) is 221. The zero-order valence-electron chi connectivity index (χ0n) is 42.7. The smallest absolute Gasteiger partial charge is 0.345 e. The average Bonchev–Trinajstić information content (AvgIpc) is 0.842. The van der Waals surface area contributed by atoms with E-state index in [1.807, 2.05) is 0 Å². The van der Waals surface area contributed by atoms with Crippen LogP contribution in [-0.4, -0.2) is 156 Å². The largest absolute Gasteiger partial charge is 0.504 e. The van der Waals surface area contributed by atoms with E-state index in [2.05, 4.69) is 0 Å². The molecule has 20 N–H and O–H groups in total. The lowest BCUT2D eigenvalue weighted by molar-refractivity contribution is -0.149. The molecule has 33 heteroatoms. The number of aliphatic hydroxyl groups excluding tert-OH is 1. The molecule has 7 aromatic carbocycles. The zero-order valence-corrected chi connectivity index (χ0v) is 42.7. The number of rotatable bonds is 3. The van der Waals surface area contributed by atoms with Crippen molar-refractivity contribution in [2.24, 2.45) is 0 Å². The highest BCUT2D eigenvalue weighted by Gasteiger charge is 2.55. The van der Waals surface area contributed by atoms with E-state index in [0.717, 1.165) is 0 Å². The molecule has 10 bridgehead atoms. The van der Waals surface area contributed by atoms with Gasteiger partial charge in [-0.3, -0.25) is 4.79 Å². The van der Waals surface area contributed by atoms with Gasteiger partial charge in [0.05, 0.1) is 39.4 Å². The minimum absolute atomic E-state index is 0.168. The lowest BCUT2D eigenvalue weighted by atomic mass is 9.82. The van der Waals surface area contributed by atoms with Gasteiger partial charge >= 0.3 is 35.1 Å². The molecule has 4 aliphatic heterocycles. The molecule has 0 fully saturated rings. The molecular formula is C55H32O33. The third-order valence-electron chi connectivity index (χ3n) is 15.1. The highest BCUT2D eigenvalue weighted by molar-refractivity contribution is 6.29. The lowest BCUT2D eigenvalue weighted by Crippen LogP contribution is -2.55. The zero-order chi connectivity index (χ0) is 63.8. The molecular weight excluding hydrogens is 1190 g/mol. The summed E-state index contributed by atoms with van der Waals surface area (Å²) in [6.45, 7) is 0. The molecule has 33 nitrogen and oxygen atoms in total. The second-order valence-electron chi connectivity index (χ2n) is 19.8. The van der Waals surface area contributed by atoms with E-state index in [-0.39, 0.29) is 18.2 Å². The number of phenols is 19. The van der Waals surface area contributed by atoms with Crippen LogP contribution in [0.5, 0.6) is 109 Å². The third kappa shape index (κ3) is 7.39. The van der Waals surface area contributed by atoms with Gasteiger partial charge in [0.2, 0.25) is 34.5 Å². The van der Waals surface area contributed by atoms with Gasteiger partial charge in [0, 0.05) is 55.3 Å². The van der Waals surface area contributed by atoms with Gasteiger partial charge in [-0.1, -0.05) is 0 Å². The van der Waals surface area contributed by atoms with Gasteiger partial charge in [0.25, 0.3) is 0 Å². The van der Waals surface area contributed by atoms with Gasteiger partial charge in [-0.05, 0) is 30.3 Å². The first-order valence-electron chi connectivity index (χ1n) is 24.5. The summed E-state index contributed by atoms with van der Waals surface area (Å²) < 4.78 is 33.6. The first kappa shape index (κ1) is 55.7. The van der Waals surface area contributed by atoms with Crippen LogP contribution in [-0.2, 0) is 18.9 Å². The summed E-state index contributed by atoms with van der Waals surface area (Å²) in [5.74, 6) is -39.8. The molecule has 0 radical (unpaired) electrons. The van der Waals surface area contributed by atoms with E-state index in [0.29, 0.717) is 12.1 Å². The molecule has 9 aromatic rings. The molecule has 5 atom stereocenters. The number of ketones is 1. The van der Waals surface area contributed by atoms with Crippen molar-refractivity contribution in [2.75, 3.05) is 0 Å². The summed E-state index contributed by atoms with van der Waals surface area (Å²) in [7, 11) is 0. The van der Waals surface area contributed by atoms with Gasteiger partial charge in [-0.25, -0.2) is 28.8 Å². The average molecular weight is 1220 g/mol. The van der Waals surface area contributed by atoms with Crippen molar-refractivity contribution in [3.8, 4) is 143 Å². The van der Waals surface area contributed by atoms with E-state index in [1.165, 1.54) is 0 Å². The fourth-order valence-electron chi connectivity index (χ4n) is 11.1. The molecule has 88 heavy (non-hydrogen) atoms. The summed E-state index contributed by atoms with van der Waals surface area (Å²) in [5.41, 5.74) is -22.0. The number of hydrogen-bond donors (Lipinski definition) is 20. The van der Waals surface area contributed by atoms with Crippen molar-refractivity contribution in [1.29, 1.82) is 0 Å². The standard InChI is InChI=1S/C55H32O33/c56-11-6-17(83-50(77)7-1-12(57)30(62)13(58)2-7)45(49-48-41(73)29-28(55(82)87-48)23(37(69)42(74)40(29)72)20-10(52(79)88-49)5-16(61)33(65)36(20)68)84-51(78)9-4-15(60)32(64)35(67)19(9)22-27-25-24-26(53(80)85-47(25)44(76)39(22)71)21(38(70)43(75)46(24)86-54(27)81)18-8(11)3-14(59)31(63)34(18)66/h1-5,17,41,45,48-49,57-76H,6H2/t17-,41-,45-,48-,49+/m1/s1. The Labute approximate surface area is 479 Å². The van der Waals surface area contributed by atoms with Crippen LogP contribution in [0.2, 0.25) is 0 Å². The van der Waals surface area contributed by atoms with Crippen molar-refractivity contribution < 1.29 is 154 Å². The van der Waals surface area contributed by atoms with E-state index >= 15 is 9.59 Å². The quantitative estimate of drug-likeness (QED) is 0.0397. The van der Waals surface area contributed by atoms with Crippen molar-refractivity contribution in [3.63, 3.8) is 0 Å². The van der Waals surface area contributed by atoms with Crippen LogP contribution in [0, 0.1) is 0 Å². The number of hydrogen-bond acceptors (Lipinski definition) is 33. The van der Waals surface area contributed by atoms with E-state index in [9.17, 15) is 126 Å². The Morgan fingerprint density at radius 3 is 1.24 bits per heavy atom. The van der Waals surface area contributed by atoms with Crippen LogP contribution < -0.4 is 11.3 Å². The molecule has 6 heterocycles. The maximum atomic E-state index is 15.6. The molecule has 4 aliphatic rings. The molecule has 0 amide bonds. The summed E-state index contributed by atoms with van der Waals surface area (Å²) in [6, 6.07) is 1.47. The highest BCUT2D eigenvalue weighted by Crippen LogP contribution is 2.61. The number of fused-ring (bicyclic) bond motifs is 7. The molecule has 450 valence electrons. The molecule has 0 saturated heterocycles. The molecule has 0 aliphatic carbocycles. The number of carbonyl (C=O) groups excluding carboxylic acids is 5. The van der Waals surface area contributed by atoms with Crippen LogP contribution in [0.1, 0.15) is 69.9 Å². The predicted octanol–water partition coefficient (Wildman–Crippen LogP) is 3.05. The first-order chi connectivity index (χ1) is 41.4. The molecule has 0 saturated carbocycles. The number of Topliss-reactive ketones (excluding diaryl/α,β-unsaturated/α-hetero) is 1. The molecule has 0 spiro atoms. The third-order valence-corrected chi connectivity index (χ3v) is 15.1. The number of phenolic OH excluding ortho intramolecular Hbond substituents is 19. The Kier molecular flexibility index (Phi) is 11.8. The summed E-state index contributed by atoms with van der Waals surface area (Å²) >= 11 is 0. The van der Waals surface area contributed by atoms with Crippen molar-refractivity contribution in [2.45, 2.75) is 36.9 Å². The van der Waals surface area contributed by atoms with Gasteiger partial charge < -0.3 is 130 Å². The predicted molar refractivity (Wildman–Crippen MR) is 279 cm³/mol. The second kappa shape index (κ2) is 18.6. The van der Waals surface area contributed by atoms with E-state index < -0.39 is 287 Å². The second-order valence-corrected chi connectivity index (χ2v) is 19.8. The number of aliphatic hydroxyl groups is 1. The number of carbonyl (C=O) groups is 5. The maximum Gasteiger partial charge on any atom is 0.345 e. The summed E-state index contributed by atoms with van der Waals surface area (Å²) in [6.07, 6.45) is -17.1. The van der Waals surface area contributed by atoms with Crippen LogP contribution in [0.25, 0.3) is 66.1 Å². The van der Waals surface area contributed by atoms with Crippen LogP contribution in [0.3, 0.4) is 0 Å². The molecule has 13 rings (SSSR count). The number of ether oxygens (including phenoxy) is 4. The first-order valence-corrected chi connectivity index (χ1v) is 24.5. The Bertz CT molecular complexity index is 4890. The normalized spacial score (nSPS) is 18.1. The number of esters is 4. The van der Waals surface area contributed by atoms with Crippen molar-refractivity contribution >= 4 is 62.4 Å². The number of cyclic esters (lactones) is 1. The Hall–Kier alpha value is -12.8. The van der Waals surface area contributed by atoms with Crippen molar-refractivity contribution in [3.05, 3.63) is 84.6 Å². The van der Waals surface area contributed by atoms with Crippen LogP contribution in [0.4, 0.5) is 0 Å². The van der Waals surface area contributed by atoms with E-state index in [1.54, 1.807) is 0 Å². The van der Waals surface area contributed by atoms with Gasteiger partial charge in [-0.2, -0.15) is 0 Å². The van der Waals surface area contributed by atoms with Gasteiger partial charge in [0.15, 0.2) is 116 Å². The molecule has 0 unspecified atom stereocenters. The van der Waals surface area contributed by atoms with Crippen LogP contribution >= 0.6 is 0 Å². The fourth-order valence-corrected chi connectivity index (χ4v) is 11.1. The van der Waals surface area contributed by atoms with Crippen LogP contribution in [0.15, 0.2) is 48.8 Å².